The Labute approximate surface area is 116 Å². The predicted molar refractivity (Wildman–Crippen MR) is 74.7 cm³/mol. The van der Waals surface area contributed by atoms with Gasteiger partial charge in [-0.05, 0) is 24.6 Å². The van der Waals surface area contributed by atoms with Gasteiger partial charge in [0.25, 0.3) is 5.56 Å². The summed E-state index contributed by atoms with van der Waals surface area (Å²) in [5, 5.41) is 7.06. The molecule has 1 aromatic heterocycles. The Kier molecular flexibility index (Phi) is 4.34. The van der Waals surface area contributed by atoms with E-state index in [2.05, 4.69) is 10.4 Å². The van der Waals surface area contributed by atoms with Crippen LogP contribution < -0.4 is 15.6 Å². The first kappa shape index (κ1) is 14.0. The lowest BCUT2D eigenvalue weighted by Crippen LogP contribution is -2.23. The molecule has 0 amide bonds. The Morgan fingerprint density at radius 1 is 1.40 bits per heavy atom. The molecule has 0 bridgehead atoms. The number of anilines is 1. The first-order chi connectivity index (χ1) is 9.63. The molecule has 0 unspecified atom stereocenters. The van der Waals surface area contributed by atoms with Crippen LogP contribution in [0.5, 0.6) is 5.75 Å². The minimum Gasteiger partial charge on any atom is -0.494 e. The summed E-state index contributed by atoms with van der Waals surface area (Å²) in [6.07, 6.45) is 1.57. The molecule has 0 saturated heterocycles. The van der Waals surface area contributed by atoms with Crippen molar-refractivity contribution in [3.05, 3.63) is 52.2 Å². The highest BCUT2D eigenvalue weighted by Gasteiger charge is 2.06. The Bertz CT molecular complexity index is 655. The van der Waals surface area contributed by atoms with E-state index in [1.54, 1.807) is 12.3 Å². The molecule has 0 aliphatic heterocycles. The molecular formula is C14H16FN3O2. The maximum atomic E-state index is 13.6. The number of nitrogens with one attached hydrogen (secondary N) is 1. The average Bonchev–Trinajstić information content (AvgIpc) is 2.42. The fraction of sp³-hybridized carbons (Fsp3) is 0.286. The van der Waals surface area contributed by atoms with Crippen LogP contribution in [0.3, 0.4) is 0 Å². The fourth-order valence-corrected chi connectivity index (χ4v) is 1.83. The number of hydrogen-bond acceptors (Lipinski definition) is 4. The average molecular weight is 277 g/mol. The second-order valence-electron chi connectivity index (χ2n) is 4.24. The van der Waals surface area contributed by atoms with Crippen molar-refractivity contribution >= 4 is 5.69 Å². The van der Waals surface area contributed by atoms with Crippen molar-refractivity contribution in [3.8, 4) is 5.75 Å². The van der Waals surface area contributed by atoms with Gasteiger partial charge in [0.05, 0.1) is 25.5 Å². The second-order valence-corrected chi connectivity index (χ2v) is 4.24. The molecule has 106 valence electrons. The number of methoxy groups -OCH3 is 1. The Morgan fingerprint density at radius 3 is 2.80 bits per heavy atom. The molecule has 2 aromatic rings. The first-order valence-corrected chi connectivity index (χ1v) is 6.27. The third-order valence-corrected chi connectivity index (χ3v) is 2.80. The van der Waals surface area contributed by atoms with Gasteiger partial charge in [-0.3, -0.25) is 4.79 Å². The lowest BCUT2D eigenvalue weighted by molar-refractivity contribution is 0.386. The van der Waals surface area contributed by atoms with Crippen LogP contribution in [0.1, 0.15) is 12.5 Å². The standard InChI is InChI=1S/C14H16FN3O2/c1-3-16-11-7-14(19)18(17-8-11)9-10-4-5-13(20-2)12(15)6-10/h4-8,16H,3,9H2,1-2H3. The largest absolute Gasteiger partial charge is 0.494 e. The number of nitrogens with zero attached hydrogens (tertiary/aromatic N) is 2. The minimum absolute atomic E-state index is 0.177. The zero-order valence-corrected chi connectivity index (χ0v) is 11.4. The van der Waals surface area contributed by atoms with Crippen molar-refractivity contribution in [2.45, 2.75) is 13.5 Å². The first-order valence-electron chi connectivity index (χ1n) is 6.27. The van der Waals surface area contributed by atoms with Crippen molar-refractivity contribution in [2.75, 3.05) is 19.0 Å². The minimum atomic E-state index is -0.456. The summed E-state index contributed by atoms with van der Waals surface area (Å²) in [5.74, 6) is -0.279. The van der Waals surface area contributed by atoms with E-state index in [-0.39, 0.29) is 17.9 Å². The Hall–Kier alpha value is -2.37. The summed E-state index contributed by atoms with van der Waals surface area (Å²) in [6, 6.07) is 6.04. The van der Waals surface area contributed by atoms with E-state index >= 15 is 0 Å². The van der Waals surface area contributed by atoms with Gasteiger partial charge in [0.2, 0.25) is 0 Å². The Balaban J connectivity index is 2.22. The summed E-state index contributed by atoms with van der Waals surface area (Å²) in [4.78, 5) is 11.9. The van der Waals surface area contributed by atoms with Gasteiger partial charge in [-0.1, -0.05) is 6.07 Å². The lowest BCUT2D eigenvalue weighted by Gasteiger charge is -2.08. The monoisotopic (exact) mass is 277 g/mol. The van der Waals surface area contributed by atoms with Crippen LogP contribution in [0, 0.1) is 5.82 Å². The van der Waals surface area contributed by atoms with Crippen molar-refractivity contribution < 1.29 is 9.13 Å². The summed E-state index contributed by atoms with van der Waals surface area (Å²) in [7, 11) is 1.41. The summed E-state index contributed by atoms with van der Waals surface area (Å²) in [6.45, 7) is 2.87. The topological polar surface area (TPSA) is 56.1 Å². The highest BCUT2D eigenvalue weighted by atomic mass is 19.1. The van der Waals surface area contributed by atoms with E-state index in [0.717, 1.165) is 6.54 Å². The van der Waals surface area contributed by atoms with E-state index in [0.29, 0.717) is 11.3 Å². The summed E-state index contributed by atoms with van der Waals surface area (Å²) in [5.41, 5.74) is 1.09. The van der Waals surface area contributed by atoms with Crippen LogP contribution in [-0.2, 0) is 6.54 Å². The fourth-order valence-electron chi connectivity index (χ4n) is 1.83. The number of aromatic nitrogens is 2. The van der Waals surface area contributed by atoms with Crippen LogP contribution in [0.25, 0.3) is 0 Å². The van der Waals surface area contributed by atoms with Gasteiger partial charge in [-0.25, -0.2) is 9.07 Å². The van der Waals surface area contributed by atoms with Crippen LogP contribution in [0.2, 0.25) is 0 Å². The molecular weight excluding hydrogens is 261 g/mol. The molecule has 5 nitrogen and oxygen atoms in total. The predicted octanol–water partition coefficient (Wildman–Crippen LogP) is 1.87. The highest BCUT2D eigenvalue weighted by molar-refractivity contribution is 5.38. The maximum absolute atomic E-state index is 13.6. The molecule has 0 fully saturated rings. The van der Waals surface area contributed by atoms with Gasteiger partial charge in [0, 0.05) is 12.6 Å². The molecule has 0 radical (unpaired) electrons. The number of ether oxygens (including phenoxy) is 1. The van der Waals surface area contributed by atoms with Crippen LogP contribution >= 0.6 is 0 Å². The molecule has 1 aromatic carbocycles. The van der Waals surface area contributed by atoms with E-state index in [1.807, 2.05) is 6.92 Å². The quantitative estimate of drug-likeness (QED) is 0.906. The molecule has 0 aliphatic rings. The normalized spacial score (nSPS) is 10.3. The van der Waals surface area contributed by atoms with Gasteiger partial charge in [0.15, 0.2) is 11.6 Å². The van der Waals surface area contributed by atoms with E-state index in [1.165, 1.54) is 30.0 Å². The van der Waals surface area contributed by atoms with Crippen molar-refractivity contribution in [2.24, 2.45) is 0 Å². The van der Waals surface area contributed by atoms with Crippen LogP contribution in [-0.4, -0.2) is 23.4 Å². The van der Waals surface area contributed by atoms with Gasteiger partial charge >= 0.3 is 0 Å². The summed E-state index contributed by atoms with van der Waals surface area (Å²) < 4.78 is 19.7. The summed E-state index contributed by atoms with van der Waals surface area (Å²) >= 11 is 0. The third-order valence-electron chi connectivity index (χ3n) is 2.80. The molecule has 2 rings (SSSR count). The molecule has 20 heavy (non-hydrogen) atoms. The molecule has 0 spiro atoms. The smallest absolute Gasteiger partial charge is 0.269 e. The molecule has 1 N–H and O–H groups in total. The molecule has 0 saturated carbocycles. The van der Waals surface area contributed by atoms with E-state index in [9.17, 15) is 9.18 Å². The van der Waals surface area contributed by atoms with Crippen molar-refractivity contribution in [1.29, 1.82) is 0 Å². The van der Waals surface area contributed by atoms with Gasteiger partial charge < -0.3 is 10.1 Å². The highest BCUT2D eigenvalue weighted by Crippen LogP contribution is 2.17. The Morgan fingerprint density at radius 2 is 2.20 bits per heavy atom. The number of halogens is 1. The number of rotatable bonds is 5. The zero-order chi connectivity index (χ0) is 14.5. The van der Waals surface area contributed by atoms with E-state index < -0.39 is 5.82 Å². The number of hydrogen-bond donors (Lipinski definition) is 1. The van der Waals surface area contributed by atoms with Gasteiger partial charge in [0.1, 0.15) is 0 Å². The van der Waals surface area contributed by atoms with Crippen LogP contribution in [0.4, 0.5) is 10.1 Å². The van der Waals surface area contributed by atoms with Crippen molar-refractivity contribution in [1.82, 2.24) is 9.78 Å². The zero-order valence-electron chi connectivity index (χ0n) is 11.4. The molecule has 6 heteroatoms. The van der Waals surface area contributed by atoms with Gasteiger partial charge in [-0.15, -0.1) is 0 Å². The van der Waals surface area contributed by atoms with E-state index in [4.69, 9.17) is 4.74 Å². The second kappa shape index (κ2) is 6.18. The van der Waals surface area contributed by atoms with Crippen molar-refractivity contribution in [3.63, 3.8) is 0 Å². The third kappa shape index (κ3) is 3.14. The number of benzene rings is 1. The van der Waals surface area contributed by atoms with Crippen LogP contribution in [0.15, 0.2) is 35.3 Å². The van der Waals surface area contributed by atoms with Gasteiger partial charge in [-0.2, -0.15) is 5.10 Å². The maximum Gasteiger partial charge on any atom is 0.269 e. The molecule has 0 aliphatic carbocycles. The lowest BCUT2D eigenvalue weighted by atomic mass is 10.2. The molecule has 0 atom stereocenters. The molecule has 1 heterocycles. The SMILES string of the molecule is CCNc1cnn(Cc2ccc(OC)c(F)c2)c(=O)c1.